The van der Waals surface area contributed by atoms with Gasteiger partial charge in [-0.3, -0.25) is 4.79 Å². The zero-order chi connectivity index (χ0) is 15.8. The Kier molecular flexibility index (Phi) is 3.89. The van der Waals surface area contributed by atoms with Gasteiger partial charge in [0.2, 0.25) is 0 Å². The van der Waals surface area contributed by atoms with Crippen LogP contribution in [0, 0.1) is 5.92 Å². The average molecular weight is 316 g/mol. The van der Waals surface area contributed by atoms with Crippen LogP contribution < -0.4 is 14.8 Å². The number of carbonyl (C=O) groups excluding carboxylic acids is 1. The van der Waals surface area contributed by atoms with Crippen LogP contribution in [0.15, 0.2) is 18.2 Å². The van der Waals surface area contributed by atoms with Crippen LogP contribution in [-0.2, 0) is 0 Å². The molecule has 3 heterocycles. The molecule has 0 aromatic heterocycles. The van der Waals surface area contributed by atoms with Crippen molar-refractivity contribution in [1.82, 2.24) is 10.2 Å². The van der Waals surface area contributed by atoms with Gasteiger partial charge in [0.15, 0.2) is 11.5 Å². The highest BCUT2D eigenvalue weighted by Gasteiger charge is 2.33. The van der Waals surface area contributed by atoms with Crippen LogP contribution in [0.1, 0.15) is 36.5 Å². The lowest BCUT2D eigenvalue weighted by molar-refractivity contribution is 0.0867. The minimum atomic E-state index is -0.0125. The highest BCUT2D eigenvalue weighted by Crippen LogP contribution is 2.33. The first-order valence-electron chi connectivity index (χ1n) is 8.68. The van der Waals surface area contributed by atoms with E-state index in [2.05, 4.69) is 17.1 Å². The van der Waals surface area contributed by atoms with Crippen molar-refractivity contribution >= 4 is 5.91 Å². The van der Waals surface area contributed by atoms with Gasteiger partial charge in [-0.15, -0.1) is 0 Å². The van der Waals surface area contributed by atoms with E-state index in [4.69, 9.17) is 9.47 Å². The Morgan fingerprint density at radius 2 is 2.26 bits per heavy atom. The maximum Gasteiger partial charge on any atom is 0.251 e. The molecule has 23 heavy (non-hydrogen) atoms. The normalized spacial score (nSPS) is 31.7. The number of ether oxygens (including phenoxy) is 2. The second-order valence-corrected chi connectivity index (χ2v) is 6.94. The van der Waals surface area contributed by atoms with Crippen LogP contribution in [-0.4, -0.2) is 49.2 Å². The van der Waals surface area contributed by atoms with Crippen LogP contribution in [0.3, 0.4) is 0 Å². The Hall–Kier alpha value is -1.75. The summed E-state index contributed by atoms with van der Waals surface area (Å²) in [7, 11) is 0. The van der Waals surface area contributed by atoms with Gasteiger partial charge < -0.3 is 19.7 Å². The molecule has 4 rings (SSSR count). The Bertz CT molecular complexity index is 592. The van der Waals surface area contributed by atoms with Crippen molar-refractivity contribution in [2.24, 2.45) is 5.92 Å². The highest BCUT2D eigenvalue weighted by atomic mass is 16.6. The lowest BCUT2D eigenvalue weighted by atomic mass is 9.96. The van der Waals surface area contributed by atoms with Crippen molar-refractivity contribution in [3.63, 3.8) is 0 Å². The summed E-state index contributed by atoms with van der Waals surface area (Å²) in [6, 6.07) is 5.74. The number of nitrogens with one attached hydrogen (secondary N) is 1. The molecule has 4 atom stereocenters. The third-order valence-corrected chi connectivity index (χ3v) is 5.18. The monoisotopic (exact) mass is 316 g/mol. The third-order valence-electron chi connectivity index (χ3n) is 5.18. The summed E-state index contributed by atoms with van der Waals surface area (Å²) in [6.07, 6.45) is 3.40. The molecule has 3 aliphatic rings. The molecule has 4 unspecified atom stereocenters. The van der Waals surface area contributed by atoms with Crippen molar-refractivity contribution in [1.29, 1.82) is 0 Å². The summed E-state index contributed by atoms with van der Waals surface area (Å²) in [6.45, 7) is 5.99. The summed E-state index contributed by atoms with van der Waals surface area (Å²) >= 11 is 0. The number of hydrogen-bond donors (Lipinski definition) is 1. The number of fused-ring (bicyclic) bond motifs is 3. The first-order chi connectivity index (χ1) is 11.2. The lowest BCUT2D eigenvalue weighted by Crippen LogP contribution is -2.47. The molecule has 1 amide bonds. The first-order valence-corrected chi connectivity index (χ1v) is 8.68. The molecular formula is C18H24N2O3. The fourth-order valence-electron chi connectivity index (χ4n) is 3.89. The summed E-state index contributed by atoms with van der Waals surface area (Å²) in [4.78, 5) is 15.0. The first kappa shape index (κ1) is 14.8. The minimum absolute atomic E-state index is 0.0125. The van der Waals surface area contributed by atoms with Crippen LogP contribution in [0.4, 0.5) is 0 Å². The number of hydrogen-bond acceptors (Lipinski definition) is 4. The van der Waals surface area contributed by atoms with E-state index in [-0.39, 0.29) is 18.1 Å². The zero-order valence-corrected chi connectivity index (χ0v) is 13.6. The molecule has 0 saturated carbocycles. The van der Waals surface area contributed by atoms with Gasteiger partial charge in [0.1, 0.15) is 12.7 Å². The number of carbonyl (C=O) groups is 1. The fraction of sp³-hybridized carbons (Fsp3) is 0.611. The van der Waals surface area contributed by atoms with Gasteiger partial charge in [-0.05, 0) is 49.9 Å². The summed E-state index contributed by atoms with van der Waals surface area (Å²) in [5.41, 5.74) is 0.648. The molecule has 5 heteroatoms. The maximum absolute atomic E-state index is 12.5. The van der Waals surface area contributed by atoms with Gasteiger partial charge in [-0.25, -0.2) is 0 Å². The van der Waals surface area contributed by atoms with Gasteiger partial charge in [-0.1, -0.05) is 6.92 Å². The van der Waals surface area contributed by atoms with E-state index < -0.39 is 0 Å². The molecule has 124 valence electrons. The molecule has 2 saturated heterocycles. The average Bonchev–Trinajstić information content (AvgIpc) is 2.92. The quantitative estimate of drug-likeness (QED) is 0.927. The largest absolute Gasteiger partial charge is 0.486 e. The predicted octanol–water partition coefficient (Wildman–Crippen LogP) is 2.06. The Balaban J connectivity index is 1.43. The SMILES string of the molecule is CCC1COc2cc(C(=O)NC3CC4CCN(C4)C3)ccc2O1. The second kappa shape index (κ2) is 6.04. The van der Waals surface area contributed by atoms with E-state index in [9.17, 15) is 4.79 Å². The van der Waals surface area contributed by atoms with Crippen LogP contribution in [0.2, 0.25) is 0 Å². The molecule has 5 nitrogen and oxygen atoms in total. The van der Waals surface area contributed by atoms with Gasteiger partial charge in [-0.2, -0.15) is 0 Å². The maximum atomic E-state index is 12.5. The molecule has 2 fully saturated rings. The standard InChI is InChI=1S/C18H24N2O3/c1-2-15-11-22-17-8-13(3-4-16(17)23-15)18(21)19-14-7-12-5-6-20(9-12)10-14/h3-4,8,12,14-15H,2,5-7,9-11H2,1H3,(H,19,21). The fourth-order valence-corrected chi connectivity index (χ4v) is 3.89. The topological polar surface area (TPSA) is 50.8 Å². The Labute approximate surface area is 136 Å². The van der Waals surface area contributed by atoms with Gasteiger partial charge in [0.05, 0.1) is 0 Å². The molecule has 0 aliphatic carbocycles. The zero-order valence-electron chi connectivity index (χ0n) is 13.6. The van der Waals surface area contributed by atoms with E-state index in [1.165, 1.54) is 19.5 Å². The minimum Gasteiger partial charge on any atom is -0.486 e. The molecule has 1 N–H and O–H groups in total. The molecule has 1 aromatic rings. The Morgan fingerprint density at radius 3 is 3.09 bits per heavy atom. The van der Waals surface area contributed by atoms with Crippen molar-refractivity contribution < 1.29 is 14.3 Å². The summed E-state index contributed by atoms with van der Waals surface area (Å²) in [5, 5.41) is 3.19. The molecule has 3 aliphatic heterocycles. The summed E-state index contributed by atoms with van der Waals surface area (Å²) < 4.78 is 11.6. The van der Waals surface area contributed by atoms with Gasteiger partial charge in [0, 0.05) is 24.7 Å². The number of piperidine rings is 1. The molecule has 0 radical (unpaired) electrons. The van der Waals surface area contributed by atoms with Gasteiger partial charge in [0.25, 0.3) is 5.91 Å². The Morgan fingerprint density at radius 1 is 1.35 bits per heavy atom. The molecule has 1 aromatic carbocycles. The third kappa shape index (κ3) is 3.02. The van der Waals surface area contributed by atoms with Crippen LogP contribution in [0.25, 0.3) is 0 Å². The summed E-state index contributed by atoms with van der Waals surface area (Å²) in [5.74, 6) is 2.15. The van der Waals surface area contributed by atoms with E-state index in [1.54, 1.807) is 6.07 Å². The van der Waals surface area contributed by atoms with E-state index in [0.717, 1.165) is 31.1 Å². The highest BCUT2D eigenvalue weighted by molar-refractivity contribution is 5.95. The second-order valence-electron chi connectivity index (χ2n) is 6.94. The molecular weight excluding hydrogens is 292 g/mol. The van der Waals surface area contributed by atoms with Crippen molar-refractivity contribution in [2.75, 3.05) is 26.2 Å². The smallest absolute Gasteiger partial charge is 0.251 e. The van der Waals surface area contributed by atoms with Gasteiger partial charge >= 0.3 is 0 Å². The van der Waals surface area contributed by atoms with Crippen LogP contribution in [0.5, 0.6) is 11.5 Å². The van der Waals surface area contributed by atoms with E-state index >= 15 is 0 Å². The van der Waals surface area contributed by atoms with E-state index in [1.807, 2.05) is 12.1 Å². The number of benzene rings is 1. The molecule has 2 bridgehead atoms. The molecule has 0 spiro atoms. The van der Waals surface area contributed by atoms with Crippen molar-refractivity contribution in [2.45, 2.75) is 38.3 Å². The number of nitrogens with zero attached hydrogens (tertiary/aromatic N) is 1. The van der Waals surface area contributed by atoms with E-state index in [0.29, 0.717) is 17.9 Å². The lowest BCUT2D eigenvalue weighted by Gasteiger charge is -2.30. The van der Waals surface area contributed by atoms with Crippen molar-refractivity contribution in [3.8, 4) is 11.5 Å². The number of amides is 1. The van der Waals surface area contributed by atoms with Crippen LogP contribution >= 0.6 is 0 Å². The predicted molar refractivity (Wildman–Crippen MR) is 87.1 cm³/mol. The van der Waals surface area contributed by atoms with Crippen molar-refractivity contribution in [3.05, 3.63) is 23.8 Å². The number of rotatable bonds is 3.